The summed E-state index contributed by atoms with van der Waals surface area (Å²) in [4.78, 5) is 11.5. The SMILES string of the molecule is CCCCCCC([C]=O)CCC(CCCCCC)CCCCCCCCCCCCCOC1CC[CH]CC1. The number of unbranched alkanes of at least 4 members (excludes halogenated alkanes) is 16. The molecule has 1 rings (SSSR count). The highest BCUT2D eigenvalue weighted by atomic mass is 16.5. The Morgan fingerprint density at radius 1 is 0.605 bits per heavy atom. The van der Waals surface area contributed by atoms with Gasteiger partial charge in [0.25, 0.3) is 0 Å². The van der Waals surface area contributed by atoms with E-state index in [0.29, 0.717) is 6.10 Å². The summed E-state index contributed by atoms with van der Waals surface area (Å²) in [5.74, 6) is 1.03. The molecule has 0 heterocycles. The molecule has 0 aliphatic heterocycles. The van der Waals surface area contributed by atoms with Crippen LogP contribution in [0, 0.1) is 18.3 Å². The molecule has 1 aliphatic rings. The largest absolute Gasteiger partial charge is 0.378 e. The Morgan fingerprint density at radius 3 is 1.61 bits per heavy atom. The number of ether oxygens (including phenoxy) is 1. The Balaban J connectivity index is 2.00. The molecule has 1 fully saturated rings. The maximum atomic E-state index is 11.5. The monoisotopic (exact) mass is 533 g/mol. The van der Waals surface area contributed by atoms with Gasteiger partial charge in [-0.05, 0) is 63.7 Å². The van der Waals surface area contributed by atoms with Gasteiger partial charge in [0.1, 0.15) is 0 Å². The molecule has 2 heteroatoms. The van der Waals surface area contributed by atoms with Crippen molar-refractivity contribution < 1.29 is 9.53 Å². The summed E-state index contributed by atoms with van der Waals surface area (Å²) in [6.45, 7) is 5.54. The van der Waals surface area contributed by atoms with Crippen LogP contribution in [-0.2, 0) is 9.53 Å². The molecule has 0 saturated heterocycles. The van der Waals surface area contributed by atoms with E-state index in [0.717, 1.165) is 25.4 Å². The second kappa shape index (κ2) is 28.2. The summed E-state index contributed by atoms with van der Waals surface area (Å²) in [5.41, 5.74) is 0. The van der Waals surface area contributed by atoms with Gasteiger partial charge in [0.05, 0.1) is 6.10 Å². The summed E-state index contributed by atoms with van der Waals surface area (Å²) < 4.78 is 6.03. The third kappa shape index (κ3) is 22.4. The van der Waals surface area contributed by atoms with Crippen LogP contribution in [0.5, 0.6) is 0 Å². The third-order valence-electron chi connectivity index (χ3n) is 8.96. The van der Waals surface area contributed by atoms with Crippen molar-refractivity contribution in [1.82, 2.24) is 0 Å². The Hall–Kier alpha value is -0.370. The van der Waals surface area contributed by atoms with Crippen molar-refractivity contribution >= 4 is 6.29 Å². The Labute approximate surface area is 240 Å². The first-order chi connectivity index (χ1) is 18.8. The van der Waals surface area contributed by atoms with Crippen LogP contribution in [0.4, 0.5) is 0 Å². The molecule has 0 spiro atoms. The number of hydrogen-bond acceptors (Lipinski definition) is 2. The normalized spacial score (nSPS) is 16.1. The van der Waals surface area contributed by atoms with Gasteiger partial charge in [0.2, 0.25) is 6.29 Å². The van der Waals surface area contributed by atoms with Crippen molar-refractivity contribution in [2.75, 3.05) is 6.61 Å². The maximum Gasteiger partial charge on any atom is 0.201 e. The van der Waals surface area contributed by atoms with E-state index in [4.69, 9.17) is 4.74 Å². The van der Waals surface area contributed by atoms with E-state index in [9.17, 15) is 4.79 Å². The van der Waals surface area contributed by atoms with Crippen molar-refractivity contribution in [3.8, 4) is 0 Å². The van der Waals surface area contributed by atoms with Gasteiger partial charge in [-0.25, -0.2) is 0 Å². The molecule has 0 aromatic heterocycles. The van der Waals surface area contributed by atoms with Crippen molar-refractivity contribution in [3.05, 3.63) is 6.42 Å². The fraction of sp³-hybridized carbons (Fsp3) is 0.944. The molecule has 38 heavy (non-hydrogen) atoms. The fourth-order valence-corrected chi connectivity index (χ4v) is 6.25. The topological polar surface area (TPSA) is 26.3 Å². The number of carbonyl (C=O) groups excluding carboxylic acids is 1. The first-order valence-corrected chi connectivity index (χ1v) is 17.6. The van der Waals surface area contributed by atoms with Crippen LogP contribution in [0.25, 0.3) is 0 Å². The first-order valence-electron chi connectivity index (χ1n) is 17.6. The predicted octanol–water partition coefficient (Wildman–Crippen LogP) is 11.9. The average Bonchev–Trinajstić information content (AvgIpc) is 2.95. The molecule has 2 radical (unpaired) electrons. The standard InChI is InChI=1S/C36H68O2/c1-3-5-7-19-25-34(30-31-35(33-37)27-20-8-6-4-2)26-21-16-14-12-10-9-11-13-15-17-24-32-38-36-28-22-18-23-29-36/h18,34-36H,3-17,19-32H2,1-2H3. The highest BCUT2D eigenvalue weighted by Crippen LogP contribution is 2.26. The predicted molar refractivity (Wildman–Crippen MR) is 167 cm³/mol. The summed E-state index contributed by atoms with van der Waals surface area (Å²) >= 11 is 0. The molecule has 0 bridgehead atoms. The van der Waals surface area contributed by atoms with Gasteiger partial charge in [-0.3, -0.25) is 4.79 Å². The van der Waals surface area contributed by atoms with Crippen LogP contribution < -0.4 is 0 Å². The van der Waals surface area contributed by atoms with Gasteiger partial charge in [-0.15, -0.1) is 0 Å². The fourth-order valence-electron chi connectivity index (χ4n) is 6.25. The highest BCUT2D eigenvalue weighted by Gasteiger charge is 2.15. The third-order valence-corrected chi connectivity index (χ3v) is 8.96. The van der Waals surface area contributed by atoms with Crippen LogP contribution >= 0.6 is 0 Å². The summed E-state index contributed by atoms with van der Waals surface area (Å²) in [6, 6.07) is 0. The molecule has 0 N–H and O–H groups in total. The first kappa shape index (κ1) is 35.7. The van der Waals surface area contributed by atoms with E-state index in [1.54, 1.807) is 0 Å². The molecule has 0 aromatic carbocycles. The van der Waals surface area contributed by atoms with Gasteiger partial charge in [-0.1, -0.05) is 142 Å². The Morgan fingerprint density at radius 2 is 1.08 bits per heavy atom. The Kier molecular flexibility index (Phi) is 26.4. The zero-order valence-electron chi connectivity index (χ0n) is 26.1. The number of hydrogen-bond donors (Lipinski definition) is 0. The van der Waals surface area contributed by atoms with E-state index in [2.05, 4.69) is 26.6 Å². The molecule has 1 saturated carbocycles. The van der Waals surface area contributed by atoms with Gasteiger partial charge < -0.3 is 4.74 Å². The van der Waals surface area contributed by atoms with Gasteiger partial charge in [0.15, 0.2) is 0 Å². The zero-order valence-corrected chi connectivity index (χ0v) is 26.1. The molecular weight excluding hydrogens is 464 g/mol. The van der Waals surface area contributed by atoms with Crippen LogP contribution in [0.1, 0.15) is 194 Å². The summed E-state index contributed by atoms with van der Waals surface area (Å²) in [5, 5.41) is 0. The lowest BCUT2D eigenvalue weighted by Gasteiger charge is -2.21. The molecule has 2 unspecified atom stereocenters. The molecule has 0 amide bonds. The molecule has 1 aliphatic carbocycles. The minimum atomic E-state index is 0.193. The second-order valence-electron chi connectivity index (χ2n) is 12.6. The summed E-state index contributed by atoms with van der Waals surface area (Å²) in [6.07, 6.45) is 42.4. The van der Waals surface area contributed by atoms with E-state index in [-0.39, 0.29) is 5.92 Å². The van der Waals surface area contributed by atoms with Gasteiger partial charge >= 0.3 is 0 Å². The van der Waals surface area contributed by atoms with E-state index in [1.165, 1.54) is 167 Å². The zero-order chi connectivity index (χ0) is 27.4. The quantitative estimate of drug-likeness (QED) is 0.0895. The Bertz CT molecular complexity index is 470. The number of rotatable bonds is 29. The maximum absolute atomic E-state index is 11.5. The lowest BCUT2D eigenvalue weighted by molar-refractivity contribution is 0.0326. The van der Waals surface area contributed by atoms with Crippen molar-refractivity contribution in [2.24, 2.45) is 11.8 Å². The highest BCUT2D eigenvalue weighted by molar-refractivity contribution is 5.54. The van der Waals surface area contributed by atoms with Crippen LogP contribution in [0.3, 0.4) is 0 Å². The lowest BCUT2D eigenvalue weighted by atomic mass is 9.86. The molecule has 2 nitrogen and oxygen atoms in total. The van der Waals surface area contributed by atoms with Crippen molar-refractivity contribution in [3.63, 3.8) is 0 Å². The second-order valence-corrected chi connectivity index (χ2v) is 12.6. The van der Waals surface area contributed by atoms with Crippen LogP contribution in [0.15, 0.2) is 0 Å². The minimum Gasteiger partial charge on any atom is -0.378 e. The lowest BCUT2D eigenvalue weighted by Crippen LogP contribution is -2.17. The minimum absolute atomic E-state index is 0.193. The average molecular weight is 533 g/mol. The molecule has 224 valence electrons. The smallest absolute Gasteiger partial charge is 0.201 e. The summed E-state index contributed by atoms with van der Waals surface area (Å²) in [7, 11) is 0. The molecule has 0 aromatic rings. The van der Waals surface area contributed by atoms with E-state index in [1.807, 2.05) is 0 Å². The van der Waals surface area contributed by atoms with Crippen molar-refractivity contribution in [1.29, 1.82) is 0 Å². The van der Waals surface area contributed by atoms with Crippen LogP contribution in [0.2, 0.25) is 0 Å². The van der Waals surface area contributed by atoms with Crippen molar-refractivity contribution in [2.45, 2.75) is 200 Å². The van der Waals surface area contributed by atoms with E-state index >= 15 is 0 Å². The molecule has 2 atom stereocenters. The van der Waals surface area contributed by atoms with Gasteiger partial charge in [-0.2, -0.15) is 0 Å². The van der Waals surface area contributed by atoms with E-state index < -0.39 is 0 Å². The van der Waals surface area contributed by atoms with Crippen LogP contribution in [-0.4, -0.2) is 19.0 Å². The van der Waals surface area contributed by atoms with Gasteiger partial charge in [0, 0.05) is 12.5 Å². The molecular formula is C36H68O2.